The van der Waals surface area contributed by atoms with Crippen LogP contribution in [0.5, 0.6) is 5.75 Å². The first kappa shape index (κ1) is 16.9. The number of nitrogens with one attached hydrogen (secondary N) is 1. The van der Waals surface area contributed by atoms with Crippen LogP contribution in [0, 0.1) is 5.41 Å². The van der Waals surface area contributed by atoms with E-state index in [0.717, 1.165) is 19.3 Å². The molecule has 1 aliphatic carbocycles. The molecule has 1 amide bonds. The molecule has 0 bridgehead atoms. The van der Waals surface area contributed by atoms with Crippen LogP contribution in [0.2, 0.25) is 5.02 Å². The zero-order chi connectivity index (χ0) is 16.2. The number of nitrogens with two attached hydrogens (primary N) is 1. The lowest BCUT2D eigenvalue weighted by Gasteiger charge is -2.42. The molecule has 0 saturated heterocycles. The number of methoxy groups -OCH3 is 2. The highest BCUT2D eigenvalue weighted by Gasteiger charge is 2.36. The maximum atomic E-state index is 12.4. The lowest BCUT2D eigenvalue weighted by Crippen LogP contribution is -2.43. The third-order valence-electron chi connectivity index (χ3n) is 4.44. The topological polar surface area (TPSA) is 73.6 Å². The molecule has 0 atom stereocenters. The summed E-state index contributed by atoms with van der Waals surface area (Å²) in [6.07, 6.45) is 4.41. The van der Waals surface area contributed by atoms with E-state index in [1.807, 2.05) is 0 Å². The van der Waals surface area contributed by atoms with E-state index in [1.165, 1.54) is 13.5 Å². The Balaban J connectivity index is 2.04. The molecule has 122 valence electrons. The zero-order valence-corrected chi connectivity index (χ0v) is 13.8. The minimum atomic E-state index is -0.192. The first-order chi connectivity index (χ1) is 10.5. The van der Waals surface area contributed by atoms with E-state index in [1.54, 1.807) is 19.2 Å². The quantitative estimate of drug-likeness (QED) is 0.756. The molecule has 0 unspecified atom stereocenters. The zero-order valence-electron chi connectivity index (χ0n) is 13.1. The van der Waals surface area contributed by atoms with Gasteiger partial charge in [-0.3, -0.25) is 4.79 Å². The van der Waals surface area contributed by atoms with Crippen molar-refractivity contribution in [3.63, 3.8) is 0 Å². The molecule has 5 nitrogen and oxygen atoms in total. The number of carbonyl (C=O) groups is 1. The van der Waals surface area contributed by atoms with Gasteiger partial charge in [0.25, 0.3) is 5.91 Å². The van der Waals surface area contributed by atoms with Crippen LogP contribution in [0.15, 0.2) is 12.1 Å². The molecular formula is C16H23ClN2O3. The van der Waals surface area contributed by atoms with Gasteiger partial charge in [0.2, 0.25) is 0 Å². The van der Waals surface area contributed by atoms with Crippen molar-refractivity contribution >= 4 is 23.2 Å². The van der Waals surface area contributed by atoms with Crippen molar-refractivity contribution < 1.29 is 14.3 Å². The number of benzene rings is 1. The summed E-state index contributed by atoms with van der Waals surface area (Å²) in [4.78, 5) is 12.4. The average Bonchev–Trinajstić information content (AvgIpc) is 2.47. The standard InChI is InChI=1S/C16H23ClN2O3/c1-21-7-6-16(4-3-5-16)10-19-15(20)11-8-12(17)13(18)9-14(11)22-2/h8-9H,3-7,10,18H2,1-2H3,(H,19,20). The lowest BCUT2D eigenvalue weighted by atomic mass is 9.66. The fourth-order valence-electron chi connectivity index (χ4n) is 2.79. The van der Waals surface area contributed by atoms with Crippen molar-refractivity contribution in [1.29, 1.82) is 0 Å². The molecule has 1 fully saturated rings. The number of amides is 1. The van der Waals surface area contributed by atoms with Gasteiger partial charge in [-0.15, -0.1) is 0 Å². The second-order valence-electron chi connectivity index (χ2n) is 5.85. The van der Waals surface area contributed by atoms with Crippen LogP contribution in [0.25, 0.3) is 0 Å². The van der Waals surface area contributed by atoms with Gasteiger partial charge in [-0.25, -0.2) is 0 Å². The summed E-state index contributed by atoms with van der Waals surface area (Å²) < 4.78 is 10.4. The van der Waals surface area contributed by atoms with E-state index in [4.69, 9.17) is 26.8 Å². The molecule has 0 heterocycles. The number of rotatable bonds is 7. The highest BCUT2D eigenvalue weighted by atomic mass is 35.5. The van der Waals surface area contributed by atoms with Gasteiger partial charge in [0.15, 0.2) is 0 Å². The number of ether oxygens (including phenoxy) is 2. The van der Waals surface area contributed by atoms with E-state index in [2.05, 4.69) is 5.32 Å². The van der Waals surface area contributed by atoms with Crippen molar-refractivity contribution in [3.8, 4) is 5.75 Å². The minimum Gasteiger partial charge on any atom is -0.496 e. The van der Waals surface area contributed by atoms with Gasteiger partial charge >= 0.3 is 0 Å². The smallest absolute Gasteiger partial charge is 0.255 e. The third kappa shape index (κ3) is 3.65. The van der Waals surface area contributed by atoms with Crippen LogP contribution in [-0.2, 0) is 4.74 Å². The molecule has 2 rings (SSSR count). The Hall–Kier alpha value is -1.46. The van der Waals surface area contributed by atoms with Crippen LogP contribution in [0.1, 0.15) is 36.0 Å². The van der Waals surface area contributed by atoms with Crippen LogP contribution >= 0.6 is 11.6 Å². The van der Waals surface area contributed by atoms with Crippen molar-refractivity contribution in [3.05, 3.63) is 22.7 Å². The predicted octanol–water partition coefficient (Wildman–Crippen LogP) is 2.87. The van der Waals surface area contributed by atoms with Crippen LogP contribution < -0.4 is 15.8 Å². The Bertz CT molecular complexity index is 544. The Morgan fingerprint density at radius 2 is 2.14 bits per heavy atom. The van der Waals surface area contributed by atoms with Gasteiger partial charge in [-0.1, -0.05) is 18.0 Å². The highest BCUT2D eigenvalue weighted by Crippen LogP contribution is 2.43. The molecule has 0 aromatic heterocycles. The molecule has 1 aromatic rings. The van der Waals surface area contributed by atoms with Crippen molar-refractivity contribution in [2.24, 2.45) is 5.41 Å². The molecule has 22 heavy (non-hydrogen) atoms. The largest absolute Gasteiger partial charge is 0.496 e. The molecule has 0 aliphatic heterocycles. The van der Waals surface area contributed by atoms with Gasteiger partial charge in [0.1, 0.15) is 5.75 Å². The molecule has 0 spiro atoms. The normalized spacial score (nSPS) is 16.0. The molecule has 1 aliphatic rings. The number of anilines is 1. The van der Waals surface area contributed by atoms with Gasteiger partial charge in [-0.2, -0.15) is 0 Å². The molecular weight excluding hydrogens is 304 g/mol. The summed E-state index contributed by atoms with van der Waals surface area (Å²) in [5, 5.41) is 3.35. The fourth-order valence-corrected chi connectivity index (χ4v) is 2.95. The Kier molecular flexibility index (Phi) is 5.53. The Morgan fingerprint density at radius 3 is 2.68 bits per heavy atom. The van der Waals surface area contributed by atoms with Gasteiger partial charge in [0.05, 0.1) is 23.4 Å². The summed E-state index contributed by atoms with van der Waals surface area (Å²) in [7, 11) is 3.21. The minimum absolute atomic E-state index is 0.163. The van der Waals surface area contributed by atoms with Crippen LogP contribution in [0.3, 0.4) is 0 Å². The second kappa shape index (κ2) is 7.20. The maximum absolute atomic E-state index is 12.4. The summed E-state index contributed by atoms with van der Waals surface area (Å²) in [5.41, 5.74) is 6.70. The monoisotopic (exact) mass is 326 g/mol. The summed E-state index contributed by atoms with van der Waals surface area (Å²) in [6.45, 7) is 1.35. The van der Waals surface area contributed by atoms with Gasteiger partial charge in [-0.05, 0) is 30.7 Å². The van der Waals surface area contributed by atoms with Gasteiger partial charge in [0, 0.05) is 26.3 Å². The predicted molar refractivity (Wildman–Crippen MR) is 87.5 cm³/mol. The highest BCUT2D eigenvalue weighted by molar-refractivity contribution is 6.33. The molecule has 0 radical (unpaired) electrons. The number of hydrogen-bond donors (Lipinski definition) is 2. The first-order valence-electron chi connectivity index (χ1n) is 7.41. The van der Waals surface area contributed by atoms with Crippen LogP contribution in [0.4, 0.5) is 5.69 Å². The number of nitrogen functional groups attached to an aromatic ring is 1. The van der Waals surface area contributed by atoms with Gasteiger partial charge < -0.3 is 20.5 Å². The summed E-state index contributed by atoms with van der Waals surface area (Å²) >= 11 is 6.01. The Labute approximate surface area is 136 Å². The average molecular weight is 327 g/mol. The molecule has 3 N–H and O–H groups in total. The lowest BCUT2D eigenvalue weighted by molar-refractivity contribution is 0.0630. The maximum Gasteiger partial charge on any atom is 0.255 e. The van der Waals surface area contributed by atoms with Crippen molar-refractivity contribution in [2.75, 3.05) is 33.1 Å². The van der Waals surface area contributed by atoms with E-state index < -0.39 is 0 Å². The second-order valence-corrected chi connectivity index (χ2v) is 6.26. The Morgan fingerprint density at radius 1 is 1.41 bits per heavy atom. The summed E-state index contributed by atoms with van der Waals surface area (Å²) in [6, 6.07) is 3.12. The van der Waals surface area contributed by atoms with Crippen molar-refractivity contribution in [1.82, 2.24) is 5.32 Å². The van der Waals surface area contributed by atoms with E-state index in [-0.39, 0.29) is 11.3 Å². The third-order valence-corrected chi connectivity index (χ3v) is 4.77. The van der Waals surface area contributed by atoms with Crippen LogP contribution in [-0.4, -0.2) is 33.3 Å². The van der Waals surface area contributed by atoms with E-state index >= 15 is 0 Å². The van der Waals surface area contributed by atoms with Crippen molar-refractivity contribution in [2.45, 2.75) is 25.7 Å². The van der Waals surface area contributed by atoms with E-state index in [0.29, 0.717) is 35.2 Å². The molecule has 1 aromatic carbocycles. The SMILES string of the molecule is COCCC1(CNC(=O)c2cc(Cl)c(N)cc2OC)CCC1. The molecule has 1 saturated carbocycles. The number of carbonyl (C=O) groups excluding carboxylic acids is 1. The first-order valence-corrected chi connectivity index (χ1v) is 7.79. The van der Waals surface area contributed by atoms with E-state index in [9.17, 15) is 4.79 Å². The number of halogens is 1. The number of hydrogen-bond acceptors (Lipinski definition) is 4. The summed E-state index contributed by atoms with van der Waals surface area (Å²) in [5.74, 6) is 0.237. The fraction of sp³-hybridized carbons (Fsp3) is 0.562. The molecule has 6 heteroatoms.